The molecule has 1 aliphatic rings. The van der Waals surface area contributed by atoms with Crippen molar-refractivity contribution in [1.82, 2.24) is 19.7 Å². The summed E-state index contributed by atoms with van der Waals surface area (Å²) in [6.07, 6.45) is 6.55. The van der Waals surface area contributed by atoms with E-state index in [9.17, 15) is 9.18 Å². The van der Waals surface area contributed by atoms with Crippen molar-refractivity contribution in [3.63, 3.8) is 0 Å². The number of hydrogen-bond donors (Lipinski definition) is 0. The molecule has 0 aromatic carbocycles. The molecule has 0 N–H and O–H groups in total. The largest absolute Gasteiger partial charge is 0.352 e. The van der Waals surface area contributed by atoms with E-state index in [1.165, 1.54) is 6.07 Å². The minimum atomic E-state index is -0.314. The van der Waals surface area contributed by atoms with Gasteiger partial charge in [0, 0.05) is 51.5 Å². The number of halogens is 1. The van der Waals surface area contributed by atoms with Gasteiger partial charge in [0.15, 0.2) is 11.6 Å². The summed E-state index contributed by atoms with van der Waals surface area (Å²) in [6, 6.07) is 3.01. The molecule has 2 aromatic heterocycles. The van der Waals surface area contributed by atoms with Gasteiger partial charge in [0.1, 0.15) is 0 Å². The number of pyridine rings is 1. The van der Waals surface area contributed by atoms with E-state index in [1.54, 1.807) is 23.1 Å². The molecule has 0 radical (unpaired) electrons. The van der Waals surface area contributed by atoms with Gasteiger partial charge in [-0.15, -0.1) is 0 Å². The van der Waals surface area contributed by atoms with Crippen molar-refractivity contribution in [2.24, 2.45) is 0 Å². The molecule has 6 nitrogen and oxygen atoms in total. The van der Waals surface area contributed by atoms with Gasteiger partial charge >= 0.3 is 0 Å². The smallest absolute Gasteiger partial charge is 0.224 e. The fourth-order valence-corrected chi connectivity index (χ4v) is 2.95. The summed E-state index contributed by atoms with van der Waals surface area (Å²) in [5.41, 5.74) is 1.09. The van der Waals surface area contributed by atoms with Gasteiger partial charge in [-0.25, -0.2) is 9.37 Å². The summed E-state index contributed by atoms with van der Waals surface area (Å²) < 4.78 is 15.7. The van der Waals surface area contributed by atoms with Crippen molar-refractivity contribution in [2.75, 3.05) is 31.1 Å². The van der Waals surface area contributed by atoms with Gasteiger partial charge in [0.05, 0.1) is 6.20 Å². The molecule has 0 spiro atoms. The summed E-state index contributed by atoms with van der Waals surface area (Å²) in [5.74, 6) is 0.177. The van der Waals surface area contributed by atoms with E-state index in [4.69, 9.17) is 0 Å². The third kappa shape index (κ3) is 3.90. The van der Waals surface area contributed by atoms with Crippen molar-refractivity contribution in [3.8, 4) is 0 Å². The number of aromatic nitrogens is 3. The van der Waals surface area contributed by atoms with Crippen LogP contribution in [0.15, 0.2) is 30.7 Å². The third-order valence-corrected chi connectivity index (χ3v) is 4.20. The highest BCUT2D eigenvalue weighted by Gasteiger charge is 2.21. The minimum Gasteiger partial charge on any atom is -0.352 e. The molecule has 0 saturated carbocycles. The lowest BCUT2D eigenvalue weighted by Gasteiger charge is -2.23. The Morgan fingerprint density at radius 1 is 1.29 bits per heavy atom. The first kappa shape index (κ1) is 16.4. The number of anilines is 1. The van der Waals surface area contributed by atoms with Crippen molar-refractivity contribution in [1.29, 1.82) is 0 Å². The van der Waals surface area contributed by atoms with Crippen LogP contribution in [0.2, 0.25) is 0 Å². The molecule has 1 aliphatic heterocycles. The maximum Gasteiger partial charge on any atom is 0.224 e. The lowest BCUT2D eigenvalue weighted by atomic mass is 10.3. The van der Waals surface area contributed by atoms with Gasteiger partial charge in [-0.05, 0) is 31.0 Å². The van der Waals surface area contributed by atoms with E-state index in [1.807, 2.05) is 22.9 Å². The highest BCUT2D eigenvalue weighted by atomic mass is 19.1. The number of rotatable bonds is 4. The van der Waals surface area contributed by atoms with Crippen LogP contribution < -0.4 is 4.90 Å². The molecule has 0 bridgehead atoms. The Hall–Kier alpha value is -2.44. The second kappa shape index (κ2) is 7.42. The molecule has 24 heavy (non-hydrogen) atoms. The molecule has 0 unspecified atom stereocenters. The van der Waals surface area contributed by atoms with Gasteiger partial charge in [-0.3, -0.25) is 9.48 Å². The predicted octanol–water partition coefficient (Wildman–Crippen LogP) is 1.85. The highest BCUT2D eigenvalue weighted by Crippen LogP contribution is 2.17. The van der Waals surface area contributed by atoms with E-state index in [0.29, 0.717) is 45.0 Å². The Morgan fingerprint density at radius 2 is 2.17 bits per heavy atom. The average molecular weight is 331 g/mol. The fourth-order valence-electron chi connectivity index (χ4n) is 2.95. The Morgan fingerprint density at radius 3 is 2.92 bits per heavy atom. The number of carbonyl (C=O) groups excluding carboxylic acids is 1. The fraction of sp³-hybridized carbons (Fsp3) is 0.471. The molecule has 1 saturated heterocycles. The lowest BCUT2D eigenvalue weighted by Crippen LogP contribution is -2.36. The Balaban J connectivity index is 1.55. The van der Waals surface area contributed by atoms with Crippen LogP contribution in [0.1, 0.15) is 18.4 Å². The van der Waals surface area contributed by atoms with E-state index in [-0.39, 0.29) is 11.7 Å². The first-order chi connectivity index (χ1) is 11.6. The summed E-state index contributed by atoms with van der Waals surface area (Å²) in [7, 11) is 0. The zero-order valence-corrected chi connectivity index (χ0v) is 13.9. The van der Waals surface area contributed by atoms with Crippen LogP contribution in [-0.2, 0) is 11.3 Å². The second-order valence-corrected chi connectivity index (χ2v) is 6.06. The van der Waals surface area contributed by atoms with Gasteiger partial charge in [0.2, 0.25) is 5.91 Å². The SMILES string of the molecule is Cc1cnn(CCC(=O)N2CCCN(c3ncccc3F)CC2)c1. The summed E-state index contributed by atoms with van der Waals surface area (Å²) in [6.45, 7) is 5.15. The maximum atomic E-state index is 13.9. The van der Waals surface area contributed by atoms with Gasteiger partial charge in [-0.1, -0.05) is 0 Å². The highest BCUT2D eigenvalue weighted by molar-refractivity contribution is 5.76. The third-order valence-electron chi connectivity index (χ3n) is 4.20. The number of hydrogen-bond acceptors (Lipinski definition) is 4. The quantitative estimate of drug-likeness (QED) is 0.858. The van der Waals surface area contributed by atoms with E-state index >= 15 is 0 Å². The molecule has 2 aromatic rings. The summed E-state index contributed by atoms with van der Waals surface area (Å²) >= 11 is 0. The van der Waals surface area contributed by atoms with E-state index in [0.717, 1.165) is 12.0 Å². The van der Waals surface area contributed by atoms with Gasteiger partial charge in [0.25, 0.3) is 0 Å². The topological polar surface area (TPSA) is 54.3 Å². The number of carbonyl (C=O) groups is 1. The summed E-state index contributed by atoms with van der Waals surface area (Å²) in [5, 5.41) is 4.20. The molecule has 0 atom stereocenters. The molecule has 7 heteroatoms. The van der Waals surface area contributed by atoms with Crippen LogP contribution in [0.5, 0.6) is 0 Å². The number of nitrogens with zero attached hydrogens (tertiary/aromatic N) is 5. The molecule has 1 fully saturated rings. The van der Waals surface area contributed by atoms with Crippen LogP contribution in [0, 0.1) is 12.7 Å². The van der Waals surface area contributed by atoms with Crippen LogP contribution in [0.4, 0.5) is 10.2 Å². The molecule has 3 heterocycles. The standard InChI is InChI=1S/C17H22FN5O/c1-14-12-20-23(13-14)9-5-16(24)21-7-3-8-22(11-10-21)17-15(18)4-2-6-19-17/h2,4,6,12-13H,3,5,7-11H2,1H3. The van der Waals surface area contributed by atoms with E-state index in [2.05, 4.69) is 10.1 Å². The van der Waals surface area contributed by atoms with Crippen LogP contribution in [0.3, 0.4) is 0 Å². The van der Waals surface area contributed by atoms with Gasteiger partial charge < -0.3 is 9.80 Å². The maximum absolute atomic E-state index is 13.9. The number of amides is 1. The van der Waals surface area contributed by atoms with Crippen LogP contribution in [0.25, 0.3) is 0 Å². The molecule has 3 rings (SSSR count). The van der Waals surface area contributed by atoms with Gasteiger partial charge in [-0.2, -0.15) is 5.10 Å². The first-order valence-electron chi connectivity index (χ1n) is 8.26. The minimum absolute atomic E-state index is 0.117. The lowest BCUT2D eigenvalue weighted by molar-refractivity contribution is -0.131. The Bertz CT molecular complexity index is 702. The van der Waals surface area contributed by atoms with Crippen LogP contribution >= 0.6 is 0 Å². The molecular formula is C17H22FN5O. The average Bonchev–Trinajstić information content (AvgIpc) is 2.84. The molecular weight excluding hydrogens is 309 g/mol. The van der Waals surface area contributed by atoms with Crippen molar-refractivity contribution < 1.29 is 9.18 Å². The van der Waals surface area contributed by atoms with Crippen molar-refractivity contribution in [3.05, 3.63) is 42.1 Å². The second-order valence-electron chi connectivity index (χ2n) is 6.06. The monoisotopic (exact) mass is 331 g/mol. The molecule has 1 amide bonds. The zero-order valence-electron chi connectivity index (χ0n) is 13.9. The van der Waals surface area contributed by atoms with Crippen molar-refractivity contribution >= 4 is 11.7 Å². The number of aryl methyl sites for hydroxylation is 2. The first-order valence-corrected chi connectivity index (χ1v) is 8.26. The molecule has 128 valence electrons. The zero-order chi connectivity index (χ0) is 16.9. The summed E-state index contributed by atoms with van der Waals surface area (Å²) in [4.78, 5) is 20.3. The Labute approximate surface area is 140 Å². The Kier molecular flexibility index (Phi) is 5.08. The van der Waals surface area contributed by atoms with Crippen molar-refractivity contribution in [2.45, 2.75) is 26.3 Å². The van der Waals surface area contributed by atoms with Crippen LogP contribution in [-0.4, -0.2) is 51.8 Å². The predicted molar refractivity (Wildman–Crippen MR) is 89.2 cm³/mol. The molecule has 0 aliphatic carbocycles. The normalized spacial score (nSPS) is 15.4. The van der Waals surface area contributed by atoms with E-state index < -0.39 is 0 Å².